The zero-order chi connectivity index (χ0) is 15.4. The van der Waals surface area contributed by atoms with Crippen LogP contribution in [0.15, 0.2) is 12.2 Å². The fraction of sp³-hybridized carbons (Fsp3) is 0.455. The molecule has 1 saturated heterocycles. The number of carbonyl (C=O) groups is 3. The molecule has 0 amide bonds. The van der Waals surface area contributed by atoms with Crippen molar-refractivity contribution >= 4 is 17.7 Å². The molecule has 5 atom stereocenters. The first kappa shape index (κ1) is 20.4. The molecule has 0 aromatic carbocycles. The number of carbonyl (C=O) groups excluding carboxylic acids is 2. The number of aliphatic hydroxyl groups is 3. The Kier molecular flexibility index (Phi) is 8.56. The standard InChI is InChI=1S/C11H13O9.Ho/c1-4-7(14)8(15)9(16)11(19-4)20-6(13)3-2-5(12)10(17)18;/h2-4,7-9,11,14-16H,1H2,(H,17,18);/q-1;/b3-2+;. The first-order valence-electron chi connectivity index (χ1n) is 5.42. The summed E-state index contributed by atoms with van der Waals surface area (Å²) < 4.78 is 9.43. The van der Waals surface area contributed by atoms with E-state index in [0.717, 1.165) is 0 Å². The number of carboxylic acid groups (broad SMARTS) is 1. The van der Waals surface area contributed by atoms with Crippen molar-refractivity contribution in [2.45, 2.75) is 30.7 Å². The van der Waals surface area contributed by atoms with E-state index in [1.165, 1.54) is 0 Å². The van der Waals surface area contributed by atoms with Crippen molar-refractivity contribution in [3.63, 3.8) is 0 Å². The summed E-state index contributed by atoms with van der Waals surface area (Å²) in [6, 6.07) is 0. The molecular formula is C11H13HoO9-. The summed E-state index contributed by atoms with van der Waals surface area (Å²) in [6.07, 6.45) is -6.55. The Labute approximate surface area is 149 Å². The number of ether oxygens (including phenoxy) is 2. The van der Waals surface area contributed by atoms with Gasteiger partial charge in [0.05, 0.1) is 6.10 Å². The van der Waals surface area contributed by atoms with Crippen molar-refractivity contribution in [1.29, 1.82) is 0 Å². The maximum Gasteiger partial charge on any atom is 0.376 e. The van der Waals surface area contributed by atoms with E-state index >= 15 is 0 Å². The van der Waals surface area contributed by atoms with Gasteiger partial charge in [0.25, 0.3) is 5.78 Å². The molecule has 21 heavy (non-hydrogen) atoms. The second-order valence-electron chi connectivity index (χ2n) is 3.95. The van der Waals surface area contributed by atoms with Gasteiger partial charge < -0.3 is 36.8 Å². The largest absolute Gasteiger partial charge is 0.475 e. The van der Waals surface area contributed by atoms with Crippen molar-refractivity contribution in [3.05, 3.63) is 19.1 Å². The van der Waals surface area contributed by atoms with E-state index < -0.39 is 48.4 Å². The van der Waals surface area contributed by atoms with E-state index in [1.54, 1.807) is 0 Å². The molecule has 0 spiro atoms. The predicted octanol–water partition coefficient (Wildman–Crippen LogP) is -2.62. The van der Waals surface area contributed by atoms with Crippen LogP contribution >= 0.6 is 0 Å². The van der Waals surface area contributed by atoms with E-state index in [4.69, 9.17) is 9.84 Å². The van der Waals surface area contributed by atoms with Crippen LogP contribution in [0.2, 0.25) is 0 Å². The molecule has 1 aliphatic heterocycles. The molecule has 0 aliphatic carbocycles. The molecule has 123 valence electrons. The van der Waals surface area contributed by atoms with E-state index in [1.807, 2.05) is 0 Å². The first-order valence-corrected chi connectivity index (χ1v) is 5.42. The molecule has 4 N–H and O–H groups in total. The van der Waals surface area contributed by atoms with Gasteiger partial charge in [-0.15, -0.1) is 0 Å². The van der Waals surface area contributed by atoms with Crippen LogP contribution < -0.4 is 0 Å². The number of hydrogen-bond donors (Lipinski definition) is 4. The van der Waals surface area contributed by atoms with E-state index in [2.05, 4.69) is 11.7 Å². The summed E-state index contributed by atoms with van der Waals surface area (Å²) in [5.41, 5.74) is 0. The maximum absolute atomic E-state index is 11.3. The molecule has 1 heterocycles. The summed E-state index contributed by atoms with van der Waals surface area (Å²) in [4.78, 5) is 32.2. The van der Waals surface area contributed by atoms with Gasteiger partial charge in [-0.3, -0.25) is 4.79 Å². The summed E-state index contributed by atoms with van der Waals surface area (Å²) in [6.45, 7) is 3.33. The van der Waals surface area contributed by atoms with Crippen LogP contribution in [-0.2, 0) is 23.9 Å². The van der Waals surface area contributed by atoms with Crippen LogP contribution in [0.1, 0.15) is 0 Å². The predicted molar refractivity (Wildman–Crippen MR) is 59.9 cm³/mol. The molecule has 0 bridgehead atoms. The minimum Gasteiger partial charge on any atom is -0.475 e. The number of hydrogen-bond acceptors (Lipinski definition) is 8. The van der Waals surface area contributed by atoms with Gasteiger partial charge in [-0.05, 0) is 6.10 Å². The fourth-order valence-electron chi connectivity index (χ4n) is 1.38. The van der Waals surface area contributed by atoms with Crippen molar-refractivity contribution < 1.29 is 82.0 Å². The van der Waals surface area contributed by atoms with Gasteiger partial charge >= 0.3 is 11.9 Å². The second-order valence-corrected chi connectivity index (χ2v) is 3.95. The summed E-state index contributed by atoms with van der Waals surface area (Å²) >= 11 is 0. The second kappa shape index (κ2) is 8.79. The van der Waals surface area contributed by atoms with Gasteiger partial charge in [0, 0.05) is 49.9 Å². The minimum absolute atomic E-state index is 0. The number of carboxylic acids is 1. The monoisotopic (exact) mass is 454 g/mol. The Balaban J connectivity index is 0.00000400. The number of aliphatic carboxylic acids is 1. The van der Waals surface area contributed by atoms with Crippen molar-refractivity contribution in [2.24, 2.45) is 0 Å². The normalized spacial score (nSPS) is 32.3. The summed E-state index contributed by atoms with van der Waals surface area (Å²) in [5, 5.41) is 36.6. The van der Waals surface area contributed by atoms with Crippen LogP contribution in [0.3, 0.4) is 0 Å². The fourth-order valence-corrected chi connectivity index (χ4v) is 1.38. The number of ketones is 1. The van der Waals surface area contributed by atoms with Crippen molar-refractivity contribution in [2.75, 3.05) is 0 Å². The van der Waals surface area contributed by atoms with Gasteiger partial charge in [-0.2, -0.15) is 0 Å². The minimum atomic E-state index is -1.75. The van der Waals surface area contributed by atoms with Crippen LogP contribution in [0, 0.1) is 44.7 Å². The Morgan fingerprint density at radius 3 is 2.14 bits per heavy atom. The third-order valence-electron chi connectivity index (χ3n) is 2.48. The molecule has 1 fully saturated rings. The molecule has 9 nitrogen and oxygen atoms in total. The van der Waals surface area contributed by atoms with Gasteiger partial charge in [0.15, 0.2) is 0 Å². The molecule has 1 aliphatic rings. The Morgan fingerprint density at radius 1 is 1.05 bits per heavy atom. The van der Waals surface area contributed by atoms with Crippen LogP contribution in [0.5, 0.6) is 0 Å². The topological polar surface area (TPSA) is 151 Å². The van der Waals surface area contributed by atoms with E-state index in [0.29, 0.717) is 12.2 Å². The van der Waals surface area contributed by atoms with Crippen LogP contribution in [-0.4, -0.2) is 68.9 Å². The first-order chi connectivity index (χ1) is 9.23. The zero-order valence-electron chi connectivity index (χ0n) is 10.4. The number of esters is 1. The van der Waals surface area contributed by atoms with Crippen LogP contribution in [0.25, 0.3) is 0 Å². The van der Waals surface area contributed by atoms with Crippen molar-refractivity contribution in [1.82, 2.24) is 0 Å². The quantitative estimate of drug-likeness (QED) is 0.118. The van der Waals surface area contributed by atoms with E-state index in [-0.39, 0.29) is 37.7 Å². The summed E-state index contributed by atoms with van der Waals surface area (Å²) in [7, 11) is 0. The summed E-state index contributed by atoms with van der Waals surface area (Å²) in [5.74, 6) is -4.25. The van der Waals surface area contributed by atoms with Crippen molar-refractivity contribution in [3.8, 4) is 0 Å². The van der Waals surface area contributed by atoms with Crippen LogP contribution in [0.4, 0.5) is 0 Å². The Bertz CT molecular complexity index is 435. The molecule has 5 unspecified atom stereocenters. The zero-order valence-corrected chi connectivity index (χ0v) is 12.3. The third kappa shape index (κ3) is 5.62. The van der Waals surface area contributed by atoms with E-state index in [9.17, 15) is 29.7 Å². The average Bonchev–Trinajstić information content (AvgIpc) is 2.39. The molecular weight excluding hydrogens is 441 g/mol. The number of rotatable bonds is 4. The average molecular weight is 454 g/mol. The molecule has 0 aromatic heterocycles. The van der Waals surface area contributed by atoms with Gasteiger partial charge in [-0.1, -0.05) is 0 Å². The molecule has 0 saturated carbocycles. The van der Waals surface area contributed by atoms with Gasteiger partial charge in [-0.25, -0.2) is 9.59 Å². The smallest absolute Gasteiger partial charge is 0.376 e. The Hall–Kier alpha value is -0.550. The molecule has 10 heteroatoms. The molecule has 0 aromatic rings. The third-order valence-corrected chi connectivity index (χ3v) is 2.48. The molecule has 1 rings (SSSR count). The molecule has 1 radical (unpaired) electrons. The van der Waals surface area contributed by atoms with Gasteiger partial charge in [0.2, 0.25) is 6.29 Å². The number of aliphatic hydroxyl groups excluding tert-OH is 3. The SMILES string of the molecule is [CH2-]C1OC(OC(=O)/C=C/C(=O)C(=O)O)C(O)C(O)C1O.[Ho]. The van der Waals surface area contributed by atoms with Gasteiger partial charge in [0.1, 0.15) is 12.2 Å². The maximum atomic E-state index is 11.3. The Morgan fingerprint density at radius 2 is 1.62 bits per heavy atom.